The van der Waals surface area contributed by atoms with Gasteiger partial charge in [-0.2, -0.15) is 0 Å². The molecule has 2 aromatic rings. The first-order chi connectivity index (χ1) is 9.87. The zero-order chi connectivity index (χ0) is 15.5. The van der Waals surface area contributed by atoms with E-state index < -0.39 is 6.36 Å². The second-order valence-corrected chi connectivity index (χ2v) is 5.17. The summed E-state index contributed by atoms with van der Waals surface area (Å²) in [4.78, 5) is 15.6. The molecular formula is C12H12F3N3O2S. The Kier molecular flexibility index (Phi) is 4.63. The van der Waals surface area contributed by atoms with Crippen molar-refractivity contribution in [3.05, 3.63) is 18.2 Å². The molecule has 0 saturated heterocycles. The first-order valence-corrected chi connectivity index (χ1v) is 6.85. The third-order valence-corrected chi connectivity index (χ3v) is 3.38. The summed E-state index contributed by atoms with van der Waals surface area (Å²) in [5.41, 5.74) is 5.79. The zero-order valence-electron chi connectivity index (χ0n) is 10.7. The number of halogens is 3. The van der Waals surface area contributed by atoms with Crippen molar-refractivity contribution in [2.75, 3.05) is 11.9 Å². The smallest absolute Gasteiger partial charge is 0.406 e. The summed E-state index contributed by atoms with van der Waals surface area (Å²) in [6.45, 7) is 0.408. The van der Waals surface area contributed by atoms with E-state index in [4.69, 9.17) is 5.73 Å². The number of amides is 1. The molecule has 114 valence electrons. The summed E-state index contributed by atoms with van der Waals surface area (Å²) in [6.07, 6.45) is -3.91. The first kappa shape index (κ1) is 15.5. The standard InChI is InChI=1S/C12H12F3N3O2S/c13-12(14,15)20-7-3-4-8-9(6-7)21-11(17-8)18-10(19)2-1-5-16/h3-4,6H,1-2,5,16H2,(H,17,18,19). The lowest BCUT2D eigenvalue weighted by Gasteiger charge is -2.07. The molecule has 0 aliphatic carbocycles. The number of fused-ring (bicyclic) bond motifs is 1. The van der Waals surface area contributed by atoms with E-state index in [2.05, 4.69) is 15.0 Å². The van der Waals surface area contributed by atoms with Crippen LogP contribution < -0.4 is 15.8 Å². The molecule has 0 saturated carbocycles. The monoisotopic (exact) mass is 319 g/mol. The Balaban J connectivity index is 2.12. The van der Waals surface area contributed by atoms with Crippen molar-refractivity contribution in [3.63, 3.8) is 0 Å². The van der Waals surface area contributed by atoms with Gasteiger partial charge in [0.05, 0.1) is 10.2 Å². The second kappa shape index (κ2) is 6.27. The SMILES string of the molecule is NCCCC(=O)Nc1nc2ccc(OC(F)(F)F)cc2s1. The highest BCUT2D eigenvalue weighted by atomic mass is 32.1. The van der Waals surface area contributed by atoms with Gasteiger partial charge < -0.3 is 15.8 Å². The Morgan fingerprint density at radius 1 is 1.43 bits per heavy atom. The largest absolute Gasteiger partial charge is 0.573 e. The van der Waals surface area contributed by atoms with Gasteiger partial charge in [0.15, 0.2) is 5.13 Å². The van der Waals surface area contributed by atoms with Gasteiger partial charge in [-0.25, -0.2) is 4.98 Å². The second-order valence-electron chi connectivity index (χ2n) is 4.14. The number of aromatic nitrogens is 1. The minimum absolute atomic E-state index is 0.230. The molecule has 1 aromatic heterocycles. The van der Waals surface area contributed by atoms with Crippen LogP contribution in [0.15, 0.2) is 18.2 Å². The number of anilines is 1. The fraction of sp³-hybridized carbons (Fsp3) is 0.333. The summed E-state index contributed by atoms with van der Waals surface area (Å²) in [6, 6.07) is 3.81. The van der Waals surface area contributed by atoms with Crippen LogP contribution in [-0.4, -0.2) is 23.8 Å². The molecule has 0 spiro atoms. The summed E-state index contributed by atoms with van der Waals surface area (Å²) in [5.74, 6) is -0.550. The number of carbonyl (C=O) groups excluding carboxylic acids is 1. The summed E-state index contributed by atoms with van der Waals surface area (Å²) in [7, 11) is 0. The van der Waals surface area contributed by atoms with Gasteiger partial charge in [0.1, 0.15) is 5.75 Å². The third kappa shape index (κ3) is 4.57. The topological polar surface area (TPSA) is 77.2 Å². The number of carbonyl (C=O) groups is 1. The lowest BCUT2D eigenvalue weighted by molar-refractivity contribution is -0.274. The molecule has 1 aromatic carbocycles. The van der Waals surface area contributed by atoms with Crippen LogP contribution in [0.25, 0.3) is 10.2 Å². The van der Waals surface area contributed by atoms with Crippen LogP contribution in [0.2, 0.25) is 0 Å². The fourth-order valence-corrected chi connectivity index (χ4v) is 2.51. The highest BCUT2D eigenvalue weighted by Gasteiger charge is 2.31. The highest BCUT2D eigenvalue weighted by molar-refractivity contribution is 7.22. The van der Waals surface area contributed by atoms with Crippen molar-refractivity contribution >= 4 is 32.6 Å². The molecule has 0 fully saturated rings. The van der Waals surface area contributed by atoms with Crippen LogP contribution >= 0.6 is 11.3 Å². The Morgan fingerprint density at radius 3 is 2.86 bits per heavy atom. The van der Waals surface area contributed by atoms with Gasteiger partial charge in [0, 0.05) is 12.5 Å². The minimum atomic E-state index is -4.74. The number of thiazole rings is 1. The molecular weight excluding hydrogens is 307 g/mol. The molecule has 1 amide bonds. The predicted octanol–water partition coefficient (Wildman–Crippen LogP) is 2.87. The number of hydrogen-bond acceptors (Lipinski definition) is 5. The van der Waals surface area contributed by atoms with Crippen LogP contribution in [0.5, 0.6) is 5.75 Å². The molecule has 0 unspecified atom stereocenters. The molecule has 21 heavy (non-hydrogen) atoms. The summed E-state index contributed by atoms with van der Waals surface area (Å²) >= 11 is 1.08. The zero-order valence-corrected chi connectivity index (χ0v) is 11.6. The lowest BCUT2D eigenvalue weighted by atomic mass is 10.3. The quantitative estimate of drug-likeness (QED) is 0.888. The van der Waals surface area contributed by atoms with Gasteiger partial charge >= 0.3 is 6.36 Å². The highest BCUT2D eigenvalue weighted by Crippen LogP contribution is 2.31. The van der Waals surface area contributed by atoms with E-state index in [1.807, 2.05) is 0 Å². The van der Waals surface area contributed by atoms with E-state index in [0.29, 0.717) is 28.3 Å². The van der Waals surface area contributed by atoms with Gasteiger partial charge in [-0.05, 0) is 25.1 Å². The molecule has 0 radical (unpaired) electrons. The number of nitrogens with zero attached hydrogens (tertiary/aromatic N) is 1. The van der Waals surface area contributed by atoms with E-state index in [-0.39, 0.29) is 18.1 Å². The first-order valence-electron chi connectivity index (χ1n) is 6.03. The Hall–Kier alpha value is -1.87. The van der Waals surface area contributed by atoms with Crippen LogP contribution in [0.4, 0.5) is 18.3 Å². The van der Waals surface area contributed by atoms with Crippen molar-refractivity contribution in [3.8, 4) is 5.75 Å². The van der Waals surface area contributed by atoms with Crippen molar-refractivity contribution in [1.82, 2.24) is 4.98 Å². The van der Waals surface area contributed by atoms with Crippen LogP contribution in [0.3, 0.4) is 0 Å². The normalized spacial score (nSPS) is 11.6. The third-order valence-electron chi connectivity index (χ3n) is 2.45. The average Bonchev–Trinajstić information content (AvgIpc) is 2.75. The molecule has 0 bridgehead atoms. The Bertz CT molecular complexity index is 642. The maximum atomic E-state index is 12.1. The number of nitrogens with two attached hydrogens (primary N) is 1. The van der Waals surface area contributed by atoms with Gasteiger partial charge in [-0.15, -0.1) is 13.2 Å². The van der Waals surface area contributed by atoms with Crippen molar-refractivity contribution in [2.45, 2.75) is 19.2 Å². The number of rotatable bonds is 5. The average molecular weight is 319 g/mol. The van der Waals surface area contributed by atoms with E-state index >= 15 is 0 Å². The van der Waals surface area contributed by atoms with Gasteiger partial charge in [0.25, 0.3) is 0 Å². The number of nitrogens with one attached hydrogen (secondary N) is 1. The van der Waals surface area contributed by atoms with Crippen molar-refractivity contribution < 1.29 is 22.7 Å². The summed E-state index contributed by atoms with van der Waals surface area (Å²) < 4.78 is 40.7. The Labute approximate surface area is 121 Å². The van der Waals surface area contributed by atoms with Gasteiger partial charge in [-0.3, -0.25) is 4.79 Å². The molecule has 0 aliphatic heterocycles. The van der Waals surface area contributed by atoms with E-state index in [0.717, 1.165) is 11.3 Å². The van der Waals surface area contributed by atoms with Crippen molar-refractivity contribution in [2.24, 2.45) is 5.73 Å². The maximum Gasteiger partial charge on any atom is 0.573 e. The van der Waals surface area contributed by atoms with Crippen LogP contribution in [0.1, 0.15) is 12.8 Å². The van der Waals surface area contributed by atoms with E-state index in [1.54, 1.807) is 0 Å². The summed E-state index contributed by atoms with van der Waals surface area (Å²) in [5, 5.41) is 2.91. The number of hydrogen-bond donors (Lipinski definition) is 2. The van der Waals surface area contributed by atoms with Gasteiger partial charge in [0.2, 0.25) is 5.91 Å². The van der Waals surface area contributed by atoms with E-state index in [1.165, 1.54) is 18.2 Å². The Morgan fingerprint density at radius 2 is 2.19 bits per heavy atom. The van der Waals surface area contributed by atoms with Gasteiger partial charge in [-0.1, -0.05) is 11.3 Å². The number of alkyl halides is 3. The molecule has 3 N–H and O–H groups in total. The molecule has 1 heterocycles. The molecule has 0 atom stereocenters. The number of ether oxygens (including phenoxy) is 1. The fourth-order valence-electron chi connectivity index (χ4n) is 1.60. The van der Waals surface area contributed by atoms with Crippen LogP contribution in [-0.2, 0) is 4.79 Å². The van der Waals surface area contributed by atoms with Crippen LogP contribution in [0, 0.1) is 0 Å². The minimum Gasteiger partial charge on any atom is -0.406 e. The molecule has 9 heteroatoms. The lowest BCUT2D eigenvalue weighted by Crippen LogP contribution is -2.16. The van der Waals surface area contributed by atoms with E-state index in [9.17, 15) is 18.0 Å². The number of benzene rings is 1. The molecule has 5 nitrogen and oxygen atoms in total. The maximum absolute atomic E-state index is 12.1. The van der Waals surface area contributed by atoms with Crippen molar-refractivity contribution in [1.29, 1.82) is 0 Å². The predicted molar refractivity (Wildman–Crippen MR) is 73.2 cm³/mol. The molecule has 0 aliphatic rings. The molecule has 2 rings (SSSR count).